The van der Waals surface area contributed by atoms with Gasteiger partial charge in [0.25, 0.3) is 0 Å². The summed E-state index contributed by atoms with van der Waals surface area (Å²) in [6, 6.07) is 9.02. The summed E-state index contributed by atoms with van der Waals surface area (Å²) in [6.07, 6.45) is 1.61. The zero-order valence-corrected chi connectivity index (χ0v) is 18.1. The van der Waals surface area contributed by atoms with Crippen molar-refractivity contribution in [3.63, 3.8) is 0 Å². The molecule has 8 nitrogen and oxygen atoms in total. The Balaban J connectivity index is 2.06. The molecule has 0 heterocycles. The van der Waals surface area contributed by atoms with E-state index in [1.165, 1.54) is 7.11 Å². The molecule has 0 fully saturated rings. The number of halogens is 1. The number of carbonyl (C=O) groups is 1. The van der Waals surface area contributed by atoms with Crippen LogP contribution < -0.4 is 24.4 Å². The van der Waals surface area contributed by atoms with Crippen molar-refractivity contribution in [2.24, 2.45) is 5.10 Å². The number of hydrazone groups is 1. The van der Waals surface area contributed by atoms with Crippen LogP contribution in [-0.2, 0) is 16.1 Å². The number of carbonyl (C=O) groups excluding carboxylic acids is 1. The number of benzene rings is 2. The van der Waals surface area contributed by atoms with Gasteiger partial charge in [0.05, 0.1) is 45.7 Å². The third-order valence-corrected chi connectivity index (χ3v) is 4.21. The first-order chi connectivity index (χ1) is 14.5. The molecule has 0 amide bonds. The van der Waals surface area contributed by atoms with Crippen LogP contribution in [-0.4, -0.2) is 46.7 Å². The Morgan fingerprint density at radius 2 is 1.83 bits per heavy atom. The largest absolute Gasteiger partial charge is 0.493 e. The van der Waals surface area contributed by atoms with Gasteiger partial charge < -0.3 is 29.1 Å². The van der Waals surface area contributed by atoms with Gasteiger partial charge >= 0.3 is 5.97 Å². The molecule has 162 valence electrons. The van der Waals surface area contributed by atoms with Crippen LogP contribution in [0.25, 0.3) is 0 Å². The topological polar surface area (TPSA) is 87.6 Å². The Hall–Kier alpha value is -3.13. The lowest BCUT2D eigenvalue weighted by molar-refractivity contribution is -0.142. The molecule has 0 saturated carbocycles. The van der Waals surface area contributed by atoms with Gasteiger partial charge in [-0.05, 0) is 42.3 Å². The number of rotatable bonds is 11. The Morgan fingerprint density at radius 3 is 2.50 bits per heavy atom. The molecule has 0 radical (unpaired) electrons. The monoisotopic (exact) mass is 436 g/mol. The Morgan fingerprint density at radius 1 is 1.07 bits per heavy atom. The van der Waals surface area contributed by atoms with Crippen LogP contribution in [0, 0.1) is 0 Å². The second-order valence-corrected chi connectivity index (χ2v) is 6.32. The molecule has 0 aliphatic rings. The van der Waals surface area contributed by atoms with Gasteiger partial charge in [-0.25, -0.2) is 4.79 Å². The molecular formula is C21H25ClN2O6. The lowest BCUT2D eigenvalue weighted by Crippen LogP contribution is -2.13. The second-order valence-electron chi connectivity index (χ2n) is 5.91. The maximum Gasteiger partial charge on any atom is 0.343 e. The summed E-state index contributed by atoms with van der Waals surface area (Å²) < 4.78 is 26.1. The van der Waals surface area contributed by atoms with E-state index in [-0.39, 0.29) is 12.4 Å². The third-order valence-electron chi connectivity index (χ3n) is 3.93. The average Bonchev–Trinajstić information content (AvgIpc) is 2.75. The highest BCUT2D eigenvalue weighted by molar-refractivity contribution is 6.32. The molecule has 1 N–H and O–H groups in total. The van der Waals surface area contributed by atoms with E-state index < -0.39 is 5.97 Å². The molecule has 0 aliphatic carbocycles. The van der Waals surface area contributed by atoms with Gasteiger partial charge in [0.15, 0.2) is 29.6 Å². The molecule has 0 atom stereocenters. The highest BCUT2D eigenvalue weighted by Gasteiger charge is 2.14. The van der Waals surface area contributed by atoms with E-state index in [0.717, 1.165) is 5.56 Å². The molecule has 30 heavy (non-hydrogen) atoms. The van der Waals surface area contributed by atoms with Gasteiger partial charge in [0, 0.05) is 0 Å². The first kappa shape index (κ1) is 23.2. The van der Waals surface area contributed by atoms with Gasteiger partial charge in [-0.1, -0.05) is 17.7 Å². The first-order valence-electron chi connectivity index (χ1n) is 9.15. The summed E-state index contributed by atoms with van der Waals surface area (Å²) in [5.74, 6) is 1.49. The van der Waals surface area contributed by atoms with E-state index in [9.17, 15) is 4.79 Å². The Bertz CT molecular complexity index is 888. The fraction of sp³-hybridized carbons (Fsp3) is 0.333. The molecule has 0 aromatic heterocycles. The lowest BCUT2D eigenvalue weighted by Gasteiger charge is -2.13. The first-order valence-corrected chi connectivity index (χ1v) is 9.52. The summed E-state index contributed by atoms with van der Waals surface area (Å²) in [4.78, 5) is 11.3. The van der Waals surface area contributed by atoms with Crippen molar-refractivity contribution < 1.29 is 28.5 Å². The average molecular weight is 437 g/mol. The summed E-state index contributed by atoms with van der Waals surface area (Å²) in [6.45, 7) is 2.46. The van der Waals surface area contributed by atoms with Crippen molar-refractivity contribution in [1.82, 2.24) is 5.43 Å². The van der Waals surface area contributed by atoms with Gasteiger partial charge in [-0.15, -0.1) is 0 Å². The van der Waals surface area contributed by atoms with E-state index >= 15 is 0 Å². The van der Waals surface area contributed by atoms with Crippen molar-refractivity contribution >= 4 is 23.8 Å². The SMILES string of the molecule is CCOc1cc(/C=N\NCc2ccc(OC)c(OC)c2)cc(Cl)c1OCC(=O)OC. The molecule has 0 unspecified atom stereocenters. The van der Waals surface area contributed by atoms with Crippen molar-refractivity contribution in [3.05, 3.63) is 46.5 Å². The van der Waals surface area contributed by atoms with Crippen molar-refractivity contribution in [3.8, 4) is 23.0 Å². The summed E-state index contributed by atoms with van der Waals surface area (Å²) >= 11 is 6.30. The van der Waals surface area contributed by atoms with Crippen LogP contribution in [0.4, 0.5) is 0 Å². The van der Waals surface area contributed by atoms with E-state index in [2.05, 4.69) is 15.3 Å². The molecule has 9 heteroatoms. The molecule has 2 aromatic rings. The second kappa shape index (κ2) is 11.8. The predicted molar refractivity (Wildman–Crippen MR) is 114 cm³/mol. The molecule has 2 aromatic carbocycles. The summed E-state index contributed by atoms with van der Waals surface area (Å²) in [5, 5.41) is 4.52. The number of nitrogens with one attached hydrogen (secondary N) is 1. The third kappa shape index (κ3) is 6.45. The van der Waals surface area contributed by atoms with Gasteiger partial charge in [-0.2, -0.15) is 5.10 Å². The van der Waals surface area contributed by atoms with Gasteiger partial charge in [0.2, 0.25) is 0 Å². The van der Waals surface area contributed by atoms with Crippen molar-refractivity contribution in [2.75, 3.05) is 34.5 Å². The van der Waals surface area contributed by atoms with E-state index in [1.54, 1.807) is 32.6 Å². The van der Waals surface area contributed by atoms with Crippen LogP contribution in [0.2, 0.25) is 5.02 Å². The molecule has 0 saturated heterocycles. The fourth-order valence-corrected chi connectivity index (χ4v) is 2.78. The van der Waals surface area contributed by atoms with Crippen LogP contribution in [0.15, 0.2) is 35.4 Å². The van der Waals surface area contributed by atoms with Gasteiger partial charge in [-0.3, -0.25) is 0 Å². The van der Waals surface area contributed by atoms with E-state index in [1.807, 2.05) is 25.1 Å². The van der Waals surface area contributed by atoms with E-state index in [4.69, 9.17) is 30.5 Å². The molecular weight excluding hydrogens is 412 g/mol. The van der Waals surface area contributed by atoms with Crippen LogP contribution in [0.3, 0.4) is 0 Å². The molecule has 0 aliphatic heterocycles. The standard InChI is InChI=1S/C21H25ClN2O6/c1-5-29-19-10-15(8-16(22)21(19)30-13-20(25)28-4)12-24-23-11-14-6-7-17(26-2)18(9-14)27-3/h6-10,12,23H,5,11,13H2,1-4H3/b24-12-. The zero-order chi connectivity index (χ0) is 21.9. The maximum atomic E-state index is 11.3. The number of methoxy groups -OCH3 is 3. The smallest absolute Gasteiger partial charge is 0.343 e. The molecule has 2 rings (SSSR count). The van der Waals surface area contributed by atoms with E-state index in [0.29, 0.717) is 41.0 Å². The number of hydrogen-bond donors (Lipinski definition) is 1. The van der Waals surface area contributed by atoms with Crippen LogP contribution >= 0.6 is 11.6 Å². The summed E-state index contributed by atoms with van der Waals surface area (Å²) in [5.41, 5.74) is 4.65. The number of nitrogens with zero attached hydrogens (tertiary/aromatic N) is 1. The normalized spacial score (nSPS) is 10.6. The van der Waals surface area contributed by atoms with Crippen LogP contribution in [0.5, 0.6) is 23.0 Å². The van der Waals surface area contributed by atoms with Gasteiger partial charge in [0.1, 0.15) is 0 Å². The highest BCUT2D eigenvalue weighted by Crippen LogP contribution is 2.36. The van der Waals surface area contributed by atoms with Crippen molar-refractivity contribution in [1.29, 1.82) is 0 Å². The minimum absolute atomic E-state index is 0.267. The lowest BCUT2D eigenvalue weighted by atomic mass is 10.2. The number of ether oxygens (including phenoxy) is 5. The quantitative estimate of drug-likeness (QED) is 0.328. The predicted octanol–water partition coefficient (Wildman–Crippen LogP) is 3.43. The fourth-order valence-electron chi connectivity index (χ4n) is 2.50. The number of hydrogen-bond acceptors (Lipinski definition) is 8. The summed E-state index contributed by atoms with van der Waals surface area (Å²) in [7, 11) is 4.46. The highest BCUT2D eigenvalue weighted by atomic mass is 35.5. The van der Waals surface area contributed by atoms with Crippen LogP contribution in [0.1, 0.15) is 18.1 Å². The maximum absolute atomic E-state index is 11.3. The molecule has 0 bridgehead atoms. The molecule has 0 spiro atoms. The minimum atomic E-state index is -0.515. The Kier molecular flexibility index (Phi) is 9.08. The Labute approximate surface area is 180 Å². The zero-order valence-electron chi connectivity index (χ0n) is 17.4. The number of esters is 1. The minimum Gasteiger partial charge on any atom is -0.493 e. The van der Waals surface area contributed by atoms with Crippen molar-refractivity contribution in [2.45, 2.75) is 13.5 Å².